The summed E-state index contributed by atoms with van der Waals surface area (Å²) in [6, 6.07) is 8.97. The van der Waals surface area contributed by atoms with Crippen LogP contribution in [0.25, 0.3) is 0 Å². The van der Waals surface area contributed by atoms with Crippen molar-refractivity contribution in [2.24, 2.45) is 5.41 Å². The quantitative estimate of drug-likeness (QED) is 0.872. The van der Waals surface area contributed by atoms with Crippen molar-refractivity contribution in [3.8, 4) is 6.07 Å². The first-order valence-corrected chi connectivity index (χ1v) is 7.74. The lowest BCUT2D eigenvalue weighted by molar-refractivity contribution is -0.118. The Morgan fingerprint density at radius 3 is 2.77 bits per heavy atom. The predicted octanol–water partition coefficient (Wildman–Crippen LogP) is 1.98. The van der Waals surface area contributed by atoms with E-state index in [1.54, 1.807) is 24.3 Å². The summed E-state index contributed by atoms with van der Waals surface area (Å²) in [5.74, 6) is -0.0666. The molecule has 0 bridgehead atoms. The molecule has 2 N–H and O–H groups in total. The molecular formula is C17H23N3O2. The van der Waals surface area contributed by atoms with Gasteiger partial charge in [0, 0.05) is 12.3 Å². The topological polar surface area (TPSA) is 76.4 Å². The van der Waals surface area contributed by atoms with Crippen LogP contribution in [0.15, 0.2) is 24.3 Å². The molecule has 1 amide bonds. The maximum atomic E-state index is 12.1. The Bertz CT molecular complexity index is 551. The summed E-state index contributed by atoms with van der Waals surface area (Å²) in [6.07, 6.45) is 2.83. The third kappa shape index (κ3) is 4.06. The van der Waals surface area contributed by atoms with Crippen LogP contribution in [0.5, 0.6) is 0 Å². The molecular weight excluding hydrogens is 278 g/mol. The molecule has 1 aromatic carbocycles. The molecule has 2 rings (SSSR count). The van der Waals surface area contributed by atoms with E-state index in [4.69, 9.17) is 5.26 Å². The van der Waals surface area contributed by atoms with Crippen molar-refractivity contribution in [1.29, 1.82) is 5.26 Å². The van der Waals surface area contributed by atoms with Gasteiger partial charge < -0.3 is 10.4 Å². The van der Waals surface area contributed by atoms with Crippen molar-refractivity contribution in [1.82, 2.24) is 4.90 Å². The van der Waals surface area contributed by atoms with Crippen molar-refractivity contribution >= 4 is 11.6 Å². The summed E-state index contributed by atoms with van der Waals surface area (Å²) in [4.78, 5) is 14.2. The highest BCUT2D eigenvalue weighted by Gasteiger charge is 2.32. The van der Waals surface area contributed by atoms with E-state index < -0.39 is 0 Å². The van der Waals surface area contributed by atoms with Gasteiger partial charge in [0.1, 0.15) is 0 Å². The molecule has 22 heavy (non-hydrogen) atoms. The monoisotopic (exact) mass is 301 g/mol. The van der Waals surface area contributed by atoms with Crippen LogP contribution in [-0.4, -0.2) is 42.2 Å². The maximum absolute atomic E-state index is 12.1. The van der Waals surface area contributed by atoms with Crippen molar-refractivity contribution < 1.29 is 9.90 Å². The molecule has 0 spiro atoms. The van der Waals surface area contributed by atoms with Gasteiger partial charge >= 0.3 is 0 Å². The van der Waals surface area contributed by atoms with Crippen molar-refractivity contribution in [3.05, 3.63) is 29.8 Å². The van der Waals surface area contributed by atoms with Crippen LogP contribution in [0, 0.1) is 16.7 Å². The average molecular weight is 301 g/mol. The minimum Gasteiger partial charge on any atom is -0.396 e. The SMILES string of the molecule is CCC1(CO)CCN(CC(=O)Nc2cccc(C#N)c2)CC1. The van der Waals surface area contributed by atoms with E-state index in [0.29, 0.717) is 17.8 Å². The summed E-state index contributed by atoms with van der Waals surface area (Å²) in [5.41, 5.74) is 1.22. The number of likely N-dealkylation sites (tertiary alicyclic amines) is 1. The van der Waals surface area contributed by atoms with Gasteiger partial charge in [0.15, 0.2) is 0 Å². The largest absolute Gasteiger partial charge is 0.396 e. The molecule has 1 heterocycles. The maximum Gasteiger partial charge on any atom is 0.238 e. The highest BCUT2D eigenvalue weighted by atomic mass is 16.3. The van der Waals surface area contributed by atoms with E-state index in [1.807, 2.05) is 0 Å². The van der Waals surface area contributed by atoms with Gasteiger partial charge in [0.05, 0.1) is 18.2 Å². The molecule has 5 heteroatoms. The molecule has 1 aromatic rings. The van der Waals surface area contributed by atoms with Gasteiger partial charge in [0.25, 0.3) is 0 Å². The molecule has 0 aliphatic carbocycles. The number of nitriles is 1. The van der Waals surface area contributed by atoms with Crippen LogP contribution in [-0.2, 0) is 4.79 Å². The fraction of sp³-hybridized carbons (Fsp3) is 0.529. The highest BCUT2D eigenvalue weighted by Crippen LogP contribution is 2.33. The Kier molecular flexibility index (Phi) is 5.53. The third-order valence-corrected chi connectivity index (χ3v) is 4.64. The standard InChI is InChI=1S/C17H23N3O2/c1-2-17(13-21)6-8-20(9-7-17)12-16(22)19-15-5-3-4-14(10-15)11-18/h3-5,10,21H,2,6-9,12-13H2,1H3,(H,19,22). The molecule has 1 fully saturated rings. The summed E-state index contributed by atoms with van der Waals surface area (Å²) >= 11 is 0. The first kappa shape index (κ1) is 16.5. The average Bonchev–Trinajstić information content (AvgIpc) is 2.56. The number of anilines is 1. The van der Waals surface area contributed by atoms with Gasteiger partial charge in [0.2, 0.25) is 5.91 Å². The second-order valence-corrected chi connectivity index (χ2v) is 6.03. The van der Waals surface area contributed by atoms with E-state index in [-0.39, 0.29) is 17.9 Å². The smallest absolute Gasteiger partial charge is 0.238 e. The van der Waals surface area contributed by atoms with Gasteiger partial charge in [-0.1, -0.05) is 13.0 Å². The van der Waals surface area contributed by atoms with Gasteiger partial charge in [-0.3, -0.25) is 9.69 Å². The zero-order chi connectivity index (χ0) is 16.0. The van der Waals surface area contributed by atoms with E-state index in [1.165, 1.54) is 0 Å². The predicted molar refractivity (Wildman–Crippen MR) is 85.3 cm³/mol. The molecule has 1 aliphatic heterocycles. The second kappa shape index (κ2) is 7.39. The molecule has 118 valence electrons. The van der Waals surface area contributed by atoms with Crippen LogP contribution in [0.2, 0.25) is 0 Å². The summed E-state index contributed by atoms with van der Waals surface area (Å²) < 4.78 is 0. The number of piperidine rings is 1. The molecule has 0 atom stereocenters. The van der Waals surface area contributed by atoms with Gasteiger partial charge in [-0.15, -0.1) is 0 Å². The van der Waals surface area contributed by atoms with Crippen LogP contribution >= 0.6 is 0 Å². The molecule has 0 aromatic heterocycles. The van der Waals surface area contributed by atoms with Gasteiger partial charge in [-0.25, -0.2) is 0 Å². The van der Waals surface area contributed by atoms with Crippen LogP contribution in [0.3, 0.4) is 0 Å². The molecule has 1 saturated heterocycles. The summed E-state index contributed by atoms with van der Waals surface area (Å²) in [7, 11) is 0. The number of amides is 1. The number of nitrogens with zero attached hydrogens (tertiary/aromatic N) is 2. The summed E-state index contributed by atoms with van der Waals surface area (Å²) in [6.45, 7) is 4.35. The first-order chi connectivity index (χ1) is 10.6. The van der Waals surface area contributed by atoms with Crippen molar-refractivity contribution in [2.45, 2.75) is 26.2 Å². The Hall–Kier alpha value is -1.90. The van der Waals surface area contributed by atoms with Gasteiger partial charge in [-0.05, 0) is 56.0 Å². The molecule has 0 radical (unpaired) electrons. The zero-order valence-corrected chi connectivity index (χ0v) is 13.0. The second-order valence-electron chi connectivity index (χ2n) is 6.03. The lowest BCUT2D eigenvalue weighted by atomic mass is 9.77. The Labute approximate surface area is 131 Å². The number of carbonyl (C=O) groups is 1. The Morgan fingerprint density at radius 2 is 2.18 bits per heavy atom. The van der Waals surface area contributed by atoms with E-state index in [0.717, 1.165) is 32.4 Å². The fourth-order valence-electron chi connectivity index (χ4n) is 2.88. The van der Waals surface area contributed by atoms with Crippen molar-refractivity contribution in [2.75, 3.05) is 31.6 Å². The number of benzene rings is 1. The number of aliphatic hydroxyl groups is 1. The molecule has 0 saturated carbocycles. The minimum atomic E-state index is -0.0666. The van der Waals surface area contributed by atoms with E-state index in [9.17, 15) is 9.90 Å². The molecule has 5 nitrogen and oxygen atoms in total. The first-order valence-electron chi connectivity index (χ1n) is 7.74. The van der Waals surface area contributed by atoms with E-state index >= 15 is 0 Å². The number of hydrogen-bond donors (Lipinski definition) is 2. The fourth-order valence-corrected chi connectivity index (χ4v) is 2.88. The molecule has 0 unspecified atom stereocenters. The number of rotatable bonds is 5. The Balaban J connectivity index is 1.84. The third-order valence-electron chi connectivity index (χ3n) is 4.64. The number of carbonyl (C=O) groups excluding carboxylic acids is 1. The Morgan fingerprint density at radius 1 is 1.45 bits per heavy atom. The lowest BCUT2D eigenvalue weighted by Gasteiger charge is -2.39. The lowest BCUT2D eigenvalue weighted by Crippen LogP contribution is -2.44. The van der Waals surface area contributed by atoms with Crippen LogP contribution in [0.4, 0.5) is 5.69 Å². The number of hydrogen-bond acceptors (Lipinski definition) is 4. The van der Waals surface area contributed by atoms with Gasteiger partial charge in [-0.2, -0.15) is 5.26 Å². The zero-order valence-electron chi connectivity index (χ0n) is 13.0. The van der Waals surface area contributed by atoms with Crippen LogP contribution in [0.1, 0.15) is 31.7 Å². The molecule has 1 aliphatic rings. The summed E-state index contributed by atoms with van der Waals surface area (Å²) in [5, 5.41) is 21.2. The highest BCUT2D eigenvalue weighted by molar-refractivity contribution is 5.92. The number of aliphatic hydroxyl groups excluding tert-OH is 1. The minimum absolute atomic E-state index is 0.0358. The normalized spacial score (nSPS) is 17.7. The van der Waals surface area contributed by atoms with Crippen LogP contribution < -0.4 is 5.32 Å². The van der Waals surface area contributed by atoms with Crippen molar-refractivity contribution in [3.63, 3.8) is 0 Å². The van der Waals surface area contributed by atoms with E-state index in [2.05, 4.69) is 23.2 Å². The number of nitrogens with one attached hydrogen (secondary N) is 1.